The third-order valence-corrected chi connectivity index (χ3v) is 4.71. The topological polar surface area (TPSA) is 74.0 Å². The molecule has 0 bridgehead atoms. The number of fused-ring (bicyclic) bond motifs is 1. The lowest BCUT2D eigenvalue weighted by molar-refractivity contribution is -0.121. The predicted octanol–water partition coefficient (Wildman–Crippen LogP) is 1.44. The molecule has 3 heterocycles. The first-order valence-corrected chi connectivity index (χ1v) is 8.31. The van der Waals surface area contributed by atoms with E-state index in [1.807, 2.05) is 25.1 Å². The maximum Gasteiger partial charge on any atom is 0.298 e. The second-order valence-corrected chi connectivity index (χ2v) is 6.61. The van der Waals surface area contributed by atoms with Crippen LogP contribution in [0.25, 0.3) is 11.1 Å². The monoisotopic (exact) mass is 327 g/mol. The maximum atomic E-state index is 11.4. The Morgan fingerprint density at radius 1 is 1.25 bits per heavy atom. The third-order valence-electron chi connectivity index (χ3n) is 4.71. The zero-order valence-corrected chi connectivity index (χ0v) is 14.0. The first-order chi connectivity index (χ1) is 11.6. The molecule has 2 aliphatic heterocycles. The van der Waals surface area contributed by atoms with Crippen LogP contribution in [0.5, 0.6) is 0 Å². The van der Waals surface area contributed by atoms with Gasteiger partial charge in [-0.2, -0.15) is 10.1 Å². The maximum absolute atomic E-state index is 11.4. The number of hydrogen-bond acceptors (Lipinski definition) is 6. The van der Waals surface area contributed by atoms with Crippen LogP contribution in [0, 0.1) is 5.92 Å². The van der Waals surface area contributed by atoms with Gasteiger partial charge in [0.05, 0.1) is 5.71 Å². The number of aromatic nitrogens is 1. The van der Waals surface area contributed by atoms with E-state index in [0.717, 1.165) is 48.6 Å². The lowest BCUT2D eigenvalue weighted by Crippen LogP contribution is -2.44. The van der Waals surface area contributed by atoms with E-state index in [2.05, 4.69) is 32.4 Å². The van der Waals surface area contributed by atoms with Gasteiger partial charge in [0.1, 0.15) is 5.52 Å². The van der Waals surface area contributed by atoms with E-state index in [-0.39, 0.29) is 11.8 Å². The van der Waals surface area contributed by atoms with Crippen molar-refractivity contribution in [3.8, 4) is 0 Å². The summed E-state index contributed by atoms with van der Waals surface area (Å²) in [6.07, 6.45) is 0.461. The molecule has 24 heavy (non-hydrogen) atoms. The Kier molecular flexibility index (Phi) is 3.72. The Morgan fingerprint density at radius 2 is 2.04 bits per heavy atom. The molecule has 7 nitrogen and oxygen atoms in total. The number of carbonyl (C=O) groups is 1. The van der Waals surface area contributed by atoms with Gasteiger partial charge >= 0.3 is 0 Å². The molecule has 1 aromatic carbocycles. The standard InChI is InChI=1S/C17H21N5O2/c1-11-9-15(23)19-20-16(11)12-3-4-14-13(10-12)18-17(24-14)22-7-5-21(2)6-8-22/h3-4,10-11H,5-9H2,1-2H3,(H,19,23). The number of amides is 1. The van der Waals surface area contributed by atoms with Crippen molar-refractivity contribution in [3.05, 3.63) is 23.8 Å². The molecule has 0 radical (unpaired) electrons. The minimum atomic E-state index is -0.0360. The van der Waals surface area contributed by atoms with E-state index >= 15 is 0 Å². The molecule has 0 saturated carbocycles. The van der Waals surface area contributed by atoms with Gasteiger partial charge in [-0.3, -0.25) is 4.79 Å². The zero-order valence-electron chi connectivity index (χ0n) is 14.0. The molecular formula is C17H21N5O2. The molecule has 0 spiro atoms. The van der Waals surface area contributed by atoms with E-state index < -0.39 is 0 Å². The number of nitrogens with zero attached hydrogens (tertiary/aromatic N) is 4. The summed E-state index contributed by atoms with van der Waals surface area (Å²) in [6, 6.07) is 6.59. The highest BCUT2D eigenvalue weighted by Crippen LogP contribution is 2.25. The van der Waals surface area contributed by atoms with Crippen molar-refractivity contribution in [1.82, 2.24) is 15.3 Å². The Bertz CT molecular complexity index is 804. The van der Waals surface area contributed by atoms with E-state index in [1.165, 1.54) is 0 Å². The zero-order chi connectivity index (χ0) is 16.7. The molecule has 1 aromatic heterocycles. The second kappa shape index (κ2) is 5.90. The molecule has 1 amide bonds. The lowest BCUT2D eigenvalue weighted by atomic mass is 9.94. The van der Waals surface area contributed by atoms with Crippen molar-refractivity contribution >= 4 is 28.7 Å². The number of anilines is 1. The number of likely N-dealkylation sites (N-methyl/N-ethyl adjacent to an activating group) is 1. The van der Waals surface area contributed by atoms with E-state index in [9.17, 15) is 4.79 Å². The van der Waals surface area contributed by atoms with Crippen LogP contribution >= 0.6 is 0 Å². The van der Waals surface area contributed by atoms with Crippen LogP contribution in [0.15, 0.2) is 27.7 Å². The molecule has 1 unspecified atom stereocenters. The summed E-state index contributed by atoms with van der Waals surface area (Å²) < 4.78 is 5.92. The van der Waals surface area contributed by atoms with E-state index in [1.54, 1.807) is 0 Å². The molecule has 1 saturated heterocycles. The van der Waals surface area contributed by atoms with Crippen molar-refractivity contribution in [1.29, 1.82) is 0 Å². The van der Waals surface area contributed by atoms with Gasteiger partial charge < -0.3 is 14.2 Å². The highest BCUT2D eigenvalue weighted by Gasteiger charge is 2.23. The normalized spacial score (nSPS) is 22.6. The molecule has 7 heteroatoms. The van der Waals surface area contributed by atoms with E-state index in [0.29, 0.717) is 12.4 Å². The number of rotatable bonds is 2. The predicted molar refractivity (Wildman–Crippen MR) is 92.2 cm³/mol. The highest BCUT2D eigenvalue weighted by molar-refractivity contribution is 6.07. The number of hydrogen-bond donors (Lipinski definition) is 1. The number of benzene rings is 1. The van der Waals surface area contributed by atoms with Gasteiger partial charge in [-0.05, 0) is 25.2 Å². The number of oxazole rings is 1. The van der Waals surface area contributed by atoms with Crippen LogP contribution in [-0.4, -0.2) is 54.7 Å². The quantitative estimate of drug-likeness (QED) is 0.903. The third kappa shape index (κ3) is 2.75. The molecule has 4 rings (SSSR count). The van der Waals surface area contributed by atoms with Crippen molar-refractivity contribution in [3.63, 3.8) is 0 Å². The average Bonchev–Trinajstić information content (AvgIpc) is 2.98. The van der Waals surface area contributed by atoms with Crippen molar-refractivity contribution in [2.24, 2.45) is 11.0 Å². The van der Waals surface area contributed by atoms with Gasteiger partial charge in [0.15, 0.2) is 5.58 Å². The number of piperazine rings is 1. The molecule has 2 aliphatic rings. The summed E-state index contributed by atoms with van der Waals surface area (Å²) in [5.41, 5.74) is 6.04. The van der Waals surface area contributed by atoms with Crippen LogP contribution in [-0.2, 0) is 4.79 Å². The summed E-state index contributed by atoms with van der Waals surface area (Å²) in [4.78, 5) is 20.5. The van der Waals surface area contributed by atoms with E-state index in [4.69, 9.17) is 4.42 Å². The summed E-state index contributed by atoms with van der Waals surface area (Å²) in [5, 5.41) is 4.22. The molecule has 0 aliphatic carbocycles. The van der Waals surface area contributed by atoms with Crippen molar-refractivity contribution < 1.29 is 9.21 Å². The Morgan fingerprint density at radius 3 is 2.79 bits per heavy atom. The fraction of sp³-hybridized carbons (Fsp3) is 0.471. The van der Waals surface area contributed by atoms with Gasteiger partial charge in [0, 0.05) is 44.1 Å². The van der Waals surface area contributed by atoms with Crippen LogP contribution in [0.1, 0.15) is 18.9 Å². The summed E-state index contributed by atoms with van der Waals surface area (Å²) in [7, 11) is 2.13. The van der Waals surface area contributed by atoms with Crippen LogP contribution in [0.3, 0.4) is 0 Å². The minimum Gasteiger partial charge on any atom is -0.423 e. The van der Waals surface area contributed by atoms with Crippen LogP contribution < -0.4 is 10.3 Å². The van der Waals surface area contributed by atoms with Gasteiger partial charge in [0.25, 0.3) is 6.01 Å². The summed E-state index contributed by atoms with van der Waals surface area (Å²) in [6.45, 7) is 5.88. The lowest BCUT2D eigenvalue weighted by Gasteiger charge is -2.31. The number of carbonyl (C=O) groups excluding carboxylic acids is 1. The molecule has 2 aromatic rings. The Hall–Kier alpha value is -2.41. The summed E-state index contributed by atoms with van der Waals surface area (Å²) >= 11 is 0. The van der Waals surface area contributed by atoms with Gasteiger partial charge in [-0.1, -0.05) is 6.92 Å². The van der Waals surface area contributed by atoms with Crippen molar-refractivity contribution in [2.45, 2.75) is 13.3 Å². The second-order valence-electron chi connectivity index (χ2n) is 6.61. The summed E-state index contributed by atoms with van der Waals surface area (Å²) in [5.74, 6) is 0.0614. The molecule has 1 fully saturated rings. The van der Waals surface area contributed by atoms with Crippen LogP contribution in [0.2, 0.25) is 0 Å². The average molecular weight is 327 g/mol. The van der Waals surface area contributed by atoms with Gasteiger partial charge in [-0.15, -0.1) is 0 Å². The minimum absolute atomic E-state index is 0.0360. The Labute approximate surface area is 140 Å². The number of hydrazone groups is 1. The molecule has 1 N–H and O–H groups in total. The van der Waals surface area contributed by atoms with Gasteiger partial charge in [0.2, 0.25) is 5.91 Å². The SMILES string of the molecule is CC1CC(=O)NN=C1c1ccc2oc(N3CCN(C)CC3)nc2c1. The first-order valence-electron chi connectivity index (χ1n) is 8.31. The number of nitrogens with one attached hydrogen (secondary N) is 1. The van der Waals surface area contributed by atoms with Crippen molar-refractivity contribution in [2.75, 3.05) is 38.1 Å². The molecule has 1 atom stereocenters. The fourth-order valence-electron chi connectivity index (χ4n) is 3.21. The fourth-order valence-corrected chi connectivity index (χ4v) is 3.21. The smallest absolute Gasteiger partial charge is 0.298 e. The largest absolute Gasteiger partial charge is 0.423 e. The van der Waals surface area contributed by atoms with Crippen LogP contribution in [0.4, 0.5) is 6.01 Å². The van der Waals surface area contributed by atoms with Gasteiger partial charge in [-0.25, -0.2) is 5.43 Å². The molecule has 126 valence electrons. The Balaban J connectivity index is 1.63. The first kappa shape index (κ1) is 15.1. The highest BCUT2D eigenvalue weighted by atomic mass is 16.4. The molecular weight excluding hydrogens is 306 g/mol.